The maximum atomic E-state index is 13.0. The third-order valence-corrected chi connectivity index (χ3v) is 4.89. The zero-order valence-electron chi connectivity index (χ0n) is 18.5. The van der Waals surface area contributed by atoms with E-state index in [9.17, 15) is 4.79 Å². The molecule has 0 aliphatic rings. The van der Waals surface area contributed by atoms with E-state index in [1.807, 2.05) is 54.6 Å². The minimum atomic E-state index is -0.324. The normalized spacial score (nSPS) is 10.4. The minimum absolute atomic E-state index is 0.264. The van der Waals surface area contributed by atoms with Crippen molar-refractivity contribution >= 4 is 5.91 Å². The van der Waals surface area contributed by atoms with Gasteiger partial charge in [-0.3, -0.25) is 4.79 Å². The van der Waals surface area contributed by atoms with Crippen LogP contribution >= 0.6 is 0 Å². The quantitative estimate of drug-likeness (QED) is 0.500. The van der Waals surface area contributed by atoms with Gasteiger partial charge in [-0.15, -0.1) is 0 Å². The Morgan fingerprint density at radius 3 is 2.09 bits per heavy atom. The number of benzene rings is 3. The van der Waals surface area contributed by atoms with Crippen LogP contribution in [0.15, 0.2) is 60.7 Å². The second kappa shape index (κ2) is 11.1. The summed E-state index contributed by atoms with van der Waals surface area (Å²) in [5.74, 6) is 1.47. The highest BCUT2D eigenvalue weighted by Crippen LogP contribution is 2.47. The fourth-order valence-electron chi connectivity index (χ4n) is 3.32. The smallest absolute Gasteiger partial charge is 0.255 e. The number of nitrogens with one attached hydrogen (secondary N) is 1. The molecule has 3 aromatic carbocycles. The van der Waals surface area contributed by atoms with Crippen LogP contribution in [0.4, 0.5) is 0 Å². The number of nitrogens with two attached hydrogens (primary N) is 1. The third-order valence-electron chi connectivity index (χ3n) is 4.89. The molecule has 0 radical (unpaired) electrons. The predicted molar refractivity (Wildman–Crippen MR) is 123 cm³/mol. The van der Waals surface area contributed by atoms with Gasteiger partial charge < -0.3 is 30.0 Å². The van der Waals surface area contributed by atoms with Gasteiger partial charge in [0.2, 0.25) is 11.5 Å². The topological polar surface area (TPSA) is 92.0 Å². The lowest BCUT2D eigenvalue weighted by atomic mass is 10.1. The van der Waals surface area contributed by atoms with Crippen molar-refractivity contribution in [2.75, 3.05) is 27.9 Å². The van der Waals surface area contributed by atoms with Gasteiger partial charge in [-0.2, -0.15) is 0 Å². The zero-order chi connectivity index (χ0) is 22.9. The second-order valence-electron chi connectivity index (χ2n) is 6.97. The van der Waals surface area contributed by atoms with Crippen LogP contribution < -0.4 is 30.0 Å². The third kappa shape index (κ3) is 5.31. The van der Waals surface area contributed by atoms with Gasteiger partial charge in [0, 0.05) is 12.6 Å². The summed E-state index contributed by atoms with van der Waals surface area (Å²) < 4.78 is 22.6. The van der Waals surface area contributed by atoms with Gasteiger partial charge in [0.15, 0.2) is 11.5 Å². The van der Waals surface area contributed by atoms with Gasteiger partial charge in [-0.25, -0.2) is 0 Å². The van der Waals surface area contributed by atoms with Crippen LogP contribution in [-0.4, -0.2) is 33.8 Å². The van der Waals surface area contributed by atoms with Crippen molar-refractivity contribution < 1.29 is 23.7 Å². The van der Waals surface area contributed by atoms with E-state index < -0.39 is 0 Å². The summed E-state index contributed by atoms with van der Waals surface area (Å²) in [5.41, 5.74) is 7.98. The van der Waals surface area contributed by atoms with E-state index >= 15 is 0 Å². The lowest BCUT2D eigenvalue weighted by molar-refractivity contribution is 0.0946. The van der Waals surface area contributed by atoms with Crippen molar-refractivity contribution in [3.05, 3.63) is 77.4 Å². The van der Waals surface area contributed by atoms with Crippen LogP contribution in [0.5, 0.6) is 28.7 Å². The summed E-state index contributed by atoms with van der Waals surface area (Å²) in [6.45, 7) is 0.946. The molecular weight excluding hydrogens is 408 g/mol. The summed E-state index contributed by atoms with van der Waals surface area (Å²) in [5, 5.41) is 2.91. The number of methoxy groups -OCH3 is 3. The molecule has 3 N–H and O–H groups in total. The molecule has 3 rings (SSSR count). The summed E-state index contributed by atoms with van der Waals surface area (Å²) in [6.07, 6.45) is 0.783. The molecule has 3 aromatic rings. The molecule has 0 heterocycles. The first-order chi connectivity index (χ1) is 15.6. The number of carbonyl (C=O) groups excluding carboxylic acids is 1. The van der Waals surface area contributed by atoms with Crippen molar-refractivity contribution in [1.29, 1.82) is 0 Å². The Bertz CT molecular complexity index is 1040. The first-order valence-corrected chi connectivity index (χ1v) is 10.2. The highest BCUT2D eigenvalue weighted by molar-refractivity contribution is 5.99. The molecule has 0 saturated heterocycles. The number of hydrogen-bond acceptors (Lipinski definition) is 6. The van der Waals surface area contributed by atoms with E-state index in [1.54, 1.807) is 6.07 Å². The van der Waals surface area contributed by atoms with Crippen LogP contribution in [0.2, 0.25) is 0 Å². The molecular formula is C25H28N2O5. The van der Waals surface area contributed by atoms with E-state index in [-0.39, 0.29) is 23.0 Å². The molecule has 1 amide bonds. The molecule has 168 valence electrons. The molecule has 7 nitrogen and oxygen atoms in total. The molecule has 0 aliphatic heterocycles. The summed E-state index contributed by atoms with van der Waals surface area (Å²) in [6, 6.07) is 18.8. The molecule has 0 unspecified atom stereocenters. The van der Waals surface area contributed by atoms with E-state index in [0.29, 0.717) is 30.3 Å². The second-order valence-corrected chi connectivity index (χ2v) is 6.97. The Hall–Kier alpha value is -3.71. The molecule has 0 saturated carbocycles. The summed E-state index contributed by atoms with van der Waals surface area (Å²) in [4.78, 5) is 13.0. The average Bonchev–Trinajstić information content (AvgIpc) is 2.83. The van der Waals surface area contributed by atoms with Gasteiger partial charge in [0.25, 0.3) is 5.91 Å². The molecule has 0 spiro atoms. The molecule has 7 heteroatoms. The van der Waals surface area contributed by atoms with Crippen molar-refractivity contribution in [2.45, 2.75) is 13.0 Å². The minimum Gasteiger partial charge on any atom is -0.492 e. The lowest BCUT2D eigenvalue weighted by Gasteiger charge is -2.19. The molecule has 0 aromatic heterocycles. The highest BCUT2D eigenvalue weighted by atomic mass is 16.5. The van der Waals surface area contributed by atoms with E-state index in [1.165, 1.54) is 21.3 Å². The largest absolute Gasteiger partial charge is 0.492 e. The SMILES string of the molecule is COc1c(Oc2ccc(CCN)cc2)cc(C(=O)NCc2ccccc2)c(OC)c1OC. The predicted octanol–water partition coefficient (Wildman–Crippen LogP) is 3.94. The number of hydrogen-bond donors (Lipinski definition) is 2. The average molecular weight is 437 g/mol. The van der Waals surface area contributed by atoms with Crippen molar-refractivity contribution in [3.8, 4) is 28.7 Å². The van der Waals surface area contributed by atoms with Crippen LogP contribution in [0, 0.1) is 0 Å². The number of ether oxygens (including phenoxy) is 4. The fourth-order valence-corrected chi connectivity index (χ4v) is 3.32. The Labute approximate surface area is 188 Å². The number of rotatable bonds is 10. The van der Waals surface area contributed by atoms with Crippen LogP contribution in [-0.2, 0) is 13.0 Å². The van der Waals surface area contributed by atoms with E-state index in [0.717, 1.165) is 17.5 Å². The van der Waals surface area contributed by atoms with Gasteiger partial charge in [0.05, 0.1) is 26.9 Å². The van der Waals surface area contributed by atoms with Crippen molar-refractivity contribution in [1.82, 2.24) is 5.32 Å². The van der Waals surface area contributed by atoms with Gasteiger partial charge in [-0.1, -0.05) is 42.5 Å². The highest BCUT2D eigenvalue weighted by Gasteiger charge is 2.26. The molecule has 0 bridgehead atoms. The van der Waals surface area contributed by atoms with Gasteiger partial charge in [0.1, 0.15) is 5.75 Å². The first-order valence-electron chi connectivity index (χ1n) is 10.2. The standard InChI is InChI=1S/C25H28N2O5/c1-29-22-20(25(28)27-16-18-7-5-4-6-8-18)15-21(23(30-2)24(22)31-3)32-19-11-9-17(10-12-19)13-14-26/h4-12,15H,13-14,16,26H2,1-3H3,(H,27,28). The number of amides is 1. The summed E-state index contributed by atoms with van der Waals surface area (Å²) >= 11 is 0. The maximum absolute atomic E-state index is 13.0. The fraction of sp³-hybridized carbons (Fsp3) is 0.240. The molecule has 32 heavy (non-hydrogen) atoms. The van der Waals surface area contributed by atoms with Crippen LogP contribution in [0.1, 0.15) is 21.5 Å². The Morgan fingerprint density at radius 1 is 0.844 bits per heavy atom. The van der Waals surface area contributed by atoms with Crippen molar-refractivity contribution in [3.63, 3.8) is 0 Å². The Morgan fingerprint density at radius 2 is 1.50 bits per heavy atom. The van der Waals surface area contributed by atoms with E-state index in [4.69, 9.17) is 24.7 Å². The van der Waals surface area contributed by atoms with Crippen molar-refractivity contribution in [2.24, 2.45) is 5.73 Å². The zero-order valence-corrected chi connectivity index (χ0v) is 18.5. The Kier molecular flexibility index (Phi) is 7.94. The molecule has 0 fully saturated rings. The van der Waals surface area contributed by atoms with Gasteiger partial charge in [-0.05, 0) is 36.2 Å². The van der Waals surface area contributed by atoms with Crippen LogP contribution in [0.25, 0.3) is 0 Å². The first kappa shape index (κ1) is 23.0. The van der Waals surface area contributed by atoms with Gasteiger partial charge >= 0.3 is 0 Å². The van der Waals surface area contributed by atoms with Crippen LogP contribution in [0.3, 0.4) is 0 Å². The summed E-state index contributed by atoms with van der Waals surface area (Å²) in [7, 11) is 4.46. The maximum Gasteiger partial charge on any atom is 0.255 e. The Balaban J connectivity index is 1.94. The lowest BCUT2D eigenvalue weighted by Crippen LogP contribution is -2.23. The number of carbonyl (C=O) groups is 1. The monoisotopic (exact) mass is 436 g/mol. The molecule has 0 atom stereocenters. The molecule has 0 aliphatic carbocycles. The van der Waals surface area contributed by atoms with E-state index in [2.05, 4.69) is 5.32 Å².